The number of halogens is 1. The molecule has 1 atom stereocenters. The van der Waals surface area contributed by atoms with Gasteiger partial charge in [-0.05, 0) is 24.6 Å². The van der Waals surface area contributed by atoms with Crippen molar-refractivity contribution in [2.24, 2.45) is 0 Å². The van der Waals surface area contributed by atoms with Crippen molar-refractivity contribution in [2.75, 3.05) is 0 Å². The second kappa shape index (κ2) is 5.30. The molecule has 2 aromatic rings. The first-order valence-corrected chi connectivity index (χ1v) is 6.43. The average Bonchev–Trinajstić information content (AvgIpc) is 2.79. The van der Waals surface area contributed by atoms with Crippen molar-refractivity contribution in [1.29, 1.82) is 5.26 Å². The van der Waals surface area contributed by atoms with Crippen molar-refractivity contribution in [3.63, 3.8) is 0 Å². The molecule has 0 bridgehead atoms. The molecule has 1 unspecified atom stereocenters. The van der Waals surface area contributed by atoms with Crippen molar-refractivity contribution in [3.05, 3.63) is 50.9 Å². The zero-order chi connectivity index (χ0) is 13.1. The van der Waals surface area contributed by atoms with Gasteiger partial charge >= 0.3 is 0 Å². The minimum Gasteiger partial charge on any atom is -0.291 e. The molecule has 0 radical (unpaired) electrons. The van der Waals surface area contributed by atoms with Crippen molar-refractivity contribution in [3.8, 4) is 6.07 Å². The number of carbonyl (C=O) groups excluding carboxylic acids is 1. The van der Waals surface area contributed by atoms with Crippen LogP contribution in [0, 0.1) is 18.3 Å². The monoisotopic (exact) mass is 276 g/mol. The third-order valence-corrected chi connectivity index (χ3v) is 3.64. The average molecular weight is 277 g/mol. The van der Waals surface area contributed by atoms with Crippen LogP contribution in [0.4, 0.5) is 0 Å². The number of rotatable bonds is 3. The number of ketones is 1. The summed E-state index contributed by atoms with van der Waals surface area (Å²) in [5.41, 5.74) is 0.651. The zero-order valence-electron chi connectivity index (χ0n) is 9.55. The van der Waals surface area contributed by atoms with Gasteiger partial charge in [0.15, 0.2) is 5.78 Å². The number of hydrogen-bond donors (Lipinski definition) is 0. The molecular weight excluding hydrogens is 268 g/mol. The summed E-state index contributed by atoms with van der Waals surface area (Å²) in [6, 6.07) is 8.77. The molecule has 0 fully saturated rings. The number of aryl methyl sites for hydroxylation is 1. The fraction of sp³-hybridized carbons (Fsp3) is 0.154. The Hall–Kier alpha value is -1.70. The van der Waals surface area contributed by atoms with E-state index in [0.29, 0.717) is 15.5 Å². The third kappa shape index (κ3) is 2.58. The highest BCUT2D eigenvalue weighted by Gasteiger charge is 2.23. The van der Waals surface area contributed by atoms with Crippen LogP contribution in [0.2, 0.25) is 5.02 Å². The highest BCUT2D eigenvalue weighted by Crippen LogP contribution is 2.24. The van der Waals surface area contributed by atoms with Gasteiger partial charge in [-0.2, -0.15) is 5.26 Å². The maximum atomic E-state index is 12.2. The van der Waals surface area contributed by atoms with Crippen LogP contribution in [-0.2, 0) is 0 Å². The first-order chi connectivity index (χ1) is 8.61. The van der Waals surface area contributed by atoms with Crippen LogP contribution < -0.4 is 0 Å². The fourth-order valence-corrected chi connectivity index (χ4v) is 2.43. The van der Waals surface area contributed by atoms with E-state index in [1.165, 1.54) is 17.5 Å². The normalized spacial score (nSPS) is 11.8. The van der Waals surface area contributed by atoms with E-state index in [2.05, 4.69) is 4.98 Å². The maximum Gasteiger partial charge on any atom is 0.195 e. The number of nitrogens with zero attached hydrogens (tertiary/aromatic N) is 2. The predicted octanol–water partition coefficient (Wildman–Crippen LogP) is 3.60. The second-order valence-corrected chi connectivity index (χ2v) is 5.39. The van der Waals surface area contributed by atoms with Crippen molar-refractivity contribution < 1.29 is 4.79 Å². The Morgan fingerprint density at radius 2 is 2.11 bits per heavy atom. The van der Waals surface area contributed by atoms with E-state index in [-0.39, 0.29) is 5.78 Å². The van der Waals surface area contributed by atoms with Crippen LogP contribution in [0.25, 0.3) is 0 Å². The summed E-state index contributed by atoms with van der Waals surface area (Å²) in [6.07, 6.45) is 1.52. The maximum absolute atomic E-state index is 12.2. The van der Waals surface area contributed by atoms with Crippen LogP contribution in [0.3, 0.4) is 0 Å². The Balaban J connectivity index is 2.32. The molecule has 0 saturated carbocycles. The van der Waals surface area contributed by atoms with Gasteiger partial charge in [0.05, 0.1) is 16.0 Å². The largest absolute Gasteiger partial charge is 0.291 e. The van der Waals surface area contributed by atoms with E-state index in [4.69, 9.17) is 16.9 Å². The molecule has 1 aromatic carbocycles. The predicted molar refractivity (Wildman–Crippen MR) is 71.0 cm³/mol. The second-order valence-electron chi connectivity index (χ2n) is 3.72. The Morgan fingerprint density at radius 1 is 1.44 bits per heavy atom. The lowest BCUT2D eigenvalue weighted by Gasteiger charge is -2.06. The lowest BCUT2D eigenvalue weighted by molar-refractivity contribution is 0.0982. The summed E-state index contributed by atoms with van der Waals surface area (Å²) < 4.78 is 0. The number of aromatic nitrogens is 1. The molecular formula is C13H9ClN2OS. The van der Waals surface area contributed by atoms with Crippen LogP contribution in [0.5, 0.6) is 0 Å². The molecule has 18 heavy (non-hydrogen) atoms. The van der Waals surface area contributed by atoms with Gasteiger partial charge < -0.3 is 0 Å². The van der Waals surface area contributed by atoms with Crippen LogP contribution in [-0.4, -0.2) is 10.8 Å². The summed E-state index contributed by atoms with van der Waals surface area (Å²) in [5, 5.41) is 10.6. The lowest BCUT2D eigenvalue weighted by atomic mass is 9.96. The molecule has 2 rings (SSSR count). The van der Waals surface area contributed by atoms with E-state index >= 15 is 0 Å². The van der Waals surface area contributed by atoms with Crippen LogP contribution in [0.15, 0.2) is 30.5 Å². The molecule has 3 nitrogen and oxygen atoms in total. The van der Waals surface area contributed by atoms with Crippen LogP contribution in [0.1, 0.15) is 26.2 Å². The van der Waals surface area contributed by atoms with Crippen molar-refractivity contribution >= 4 is 28.7 Å². The third-order valence-electron chi connectivity index (χ3n) is 2.46. The Labute approximate surface area is 114 Å². The highest BCUT2D eigenvalue weighted by atomic mass is 35.5. The minimum absolute atomic E-state index is 0.217. The summed E-state index contributed by atoms with van der Waals surface area (Å²) in [7, 11) is 0. The van der Waals surface area contributed by atoms with Crippen molar-refractivity contribution in [1.82, 2.24) is 4.98 Å². The Morgan fingerprint density at radius 3 is 2.61 bits per heavy atom. The first kappa shape index (κ1) is 12.7. The lowest BCUT2D eigenvalue weighted by Crippen LogP contribution is -2.09. The van der Waals surface area contributed by atoms with E-state index in [1.54, 1.807) is 24.3 Å². The number of benzene rings is 1. The SMILES string of the molecule is Cc1ncc(C(=O)C(C#N)c2ccc(Cl)cc2)s1. The number of Topliss-reactive ketones (excluding diaryl/α,β-unsaturated/α-hetero) is 1. The molecule has 0 aliphatic carbocycles. The van der Waals surface area contributed by atoms with E-state index in [9.17, 15) is 4.79 Å². The van der Waals surface area contributed by atoms with Gasteiger partial charge in [0.25, 0.3) is 0 Å². The zero-order valence-corrected chi connectivity index (χ0v) is 11.1. The summed E-state index contributed by atoms with van der Waals surface area (Å²) in [4.78, 5) is 16.7. The number of nitriles is 1. The number of carbonyl (C=O) groups is 1. The van der Waals surface area contributed by atoms with Gasteiger partial charge in [0.1, 0.15) is 5.92 Å². The summed E-state index contributed by atoms with van der Waals surface area (Å²) in [5.74, 6) is -1.02. The Kier molecular flexibility index (Phi) is 3.75. The molecule has 0 aliphatic heterocycles. The van der Waals surface area contributed by atoms with Gasteiger partial charge in [0.2, 0.25) is 0 Å². The first-order valence-electron chi connectivity index (χ1n) is 5.23. The molecule has 90 valence electrons. The minimum atomic E-state index is -0.804. The van der Waals surface area contributed by atoms with Gasteiger partial charge in [-0.25, -0.2) is 4.98 Å². The van der Waals surface area contributed by atoms with E-state index in [1.807, 2.05) is 13.0 Å². The van der Waals surface area contributed by atoms with Gasteiger partial charge in [0, 0.05) is 11.2 Å². The molecule has 0 amide bonds. The van der Waals surface area contributed by atoms with Gasteiger partial charge in [-0.15, -0.1) is 11.3 Å². The standard InChI is InChI=1S/C13H9ClN2OS/c1-8-16-7-12(18-8)13(17)11(6-15)9-2-4-10(14)5-3-9/h2-5,7,11H,1H3. The molecule has 0 N–H and O–H groups in total. The molecule has 0 saturated heterocycles. The smallest absolute Gasteiger partial charge is 0.195 e. The quantitative estimate of drug-likeness (QED) is 0.805. The molecule has 1 aromatic heterocycles. The number of hydrogen-bond acceptors (Lipinski definition) is 4. The summed E-state index contributed by atoms with van der Waals surface area (Å²) in [6.45, 7) is 1.82. The van der Waals surface area contributed by atoms with E-state index in [0.717, 1.165) is 5.01 Å². The van der Waals surface area contributed by atoms with Gasteiger partial charge in [-0.3, -0.25) is 4.79 Å². The summed E-state index contributed by atoms with van der Waals surface area (Å²) >= 11 is 7.08. The van der Waals surface area contributed by atoms with Gasteiger partial charge in [-0.1, -0.05) is 23.7 Å². The Bertz CT molecular complexity index is 613. The molecule has 1 heterocycles. The van der Waals surface area contributed by atoms with Crippen LogP contribution >= 0.6 is 22.9 Å². The number of thiazole rings is 1. The molecule has 0 spiro atoms. The van der Waals surface area contributed by atoms with E-state index < -0.39 is 5.92 Å². The topological polar surface area (TPSA) is 53.8 Å². The van der Waals surface area contributed by atoms with Crippen molar-refractivity contribution in [2.45, 2.75) is 12.8 Å². The molecule has 0 aliphatic rings. The highest BCUT2D eigenvalue weighted by molar-refractivity contribution is 7.13. The fourth-order valence-electron chi connectivity index (χ4n) is 1.56. The molecule has 5 heteroatoms.